The first-order valence-electron chi connectivity index (χ1n) is 5.27. The topological polar surface area (TPSA) is 93.6 Å². The summed E-state index contributed by atoms with van der Waals surface area (Å²) >= 11 is 1.54. The van der Waals surface area contributed by atoms with Crippen LogP contribution >= 0.6 is 11.3 Å². The molecule has 0 aromatic carbocycles. The lowest BCUT2D eigenvalue weighted by atomic mass is 10.3. The van der Waals surface area contributed by atoms with Gasteiger partial charge >= 0.3 is 0 Å². The molecule has 6 nitrogen and oxygen atoms in total. The van der Waals surface area contributed by atoms with Crippen molar-refractivity contribution in [1.29, 1.82) is 0 Å². The largest absolute Gasteiger partial charge is 0.438 e. The maximum absolute atomic E-state index is 12.0. The van der Waals surface area contributed by atoms with E-state index in [1.807, 2.05) is 16.8 Å². The molecule has 0 aliphatic heterocycles. The summed E-state index contributed by atoms with van der Waals surface area (Å²) in [6.45, 7) is 0.424. The Labute approximate surface area is 114 Å². The highest BCUT2D eigenvalue weighted by Gasteiger charge is 2.20. The van der Waals surface area contributed by atoms with Crippen molar-refractivity contribution in [3.63, 3.8) is 0 Å². The zero-order valence-corrected chi connectivity index (χ0v) is 11.7. The van der Waals surface area contributed by atoms with Gasteiger partial charge in [0.1, 0.15) is 0 Å². The smallest absolute Gasteiger partial charge is 0.289 e. The van der Waals surface area contributed by atoms with E-state index in [4.69, 9.17) is 9.56 Å². The lowest BCUT2D eigenvalue weighted by Gasteiger charge is -2.14. The van der Waals surface area contributed by atoms with Crippen LogP contribution in [0.15, 0.2) is 38.5 Å². The first-order chi connectivity index (χ1) is 8.88. The Morgan fingerprint density at radius 2 is 2.16 bits per heavy atom. The number of nitrogens with zero attached hydrogens (tertiary/aromatic N) is 1. The molecule has 19 heavy (non-hydrogen) atoms. The molecule has 0 saturated heterocycles. The van der Waals surface area contributed by atoms with Crippen LogP contribution in [-0.2, 0) is 16.6 Å². The van der Waals surface area contributed by atoms with Crippen molar-refractivity contribution in [1.82, 2.24) is 4.90 Å². The normalized spacial score (nSPS) is 11.5. The Morgan fingerprint density at radius 3 is 2.68 bits per heavy atom. The third-order valence-corrected chi connectivity index (χ3v) is 3.93. The summed E-state index contributed by atoms with van der Waals surface area (Å²) in [6.07, 6.45) is 0. The van der Waals surface area contributed by atoms with Crippen LogP contribution in [-0.4, -0.2) is 26.3 Å². The maximum atomic E-state index is 12.0. The number of thiophene rings is 1. The lowest BCUT2D eigenvalue weighted by Crippen LogP contribution is -2.25. The molecule has 2 N–H and O–H groups in total. The van der Waals surface area contributed by atoms with Crippen LogP contribution in [0.2, 0.25) is 0 Å². The van der Waals surface area contributed by atoms with Gasteiger partial charge < -0.3 is 9.32 Å². The van der Waals surface area contributed by atoms with Gasteiger partial charge in [0.15, 0.2) is 5.76 Å². The number of carbonyl (C=O) groups is 1. The second-order valence-corrected chi connectivity index (χ2v) is 6.23. The van der Waals surface area contributed by atoms with Gasteiger partial charge in [-0.25, -0.2) is 13.6 Å². The average molecular weight is 300 g/mol. The molecule has 0 radical (unpaired) electrons. The number of amides is 1. The Hall–Kier alpha value is -1.64. The molecular weight excluding hydrogens is 288 g/mol. The summed E-state index contributed by atoms with van der Waals surface area (Å²) in [6, 6.07) is 4.37. The Bertz CT molecular complexity index is 673. The van der Waals surface area contributed by atoms with Gasteiger partial charge in [0.25, 0.3) is 15.9 Å². The zero-order chi connectivity index (χ0) is 14.0. The van der Waals surface area contributed by atoms with Crippen LogP contribution in [0.1, 0.15) is 16.1 Å². The fraction of sp³-hybridized carbons (Fsp3) is 0.182. The van der Waals surface area contributed by atoms with E-state index in [2.05, 4.69) is 0 Å². The minimum Gasteiger partial charge on any atom is -0.438 e. The molecule has 0 spiro atoms. The van der Waals surface area contributed by atoms with Gasteiger partial charge in [-0.3, -0.25) is 4.79 Å². The van der Waals surface area contributed by atoms with Crippen LogP contribution in [0.3, 0.4) is 0 Å². The van der Waals surface area contributed by atoms with Crippen molar-refractivity contribution < 1.29 is 17.6 Å². The number of hydrogen-bond donors (Lipinski definition) is 1. The molecule has 1 amide bonds. The van der Waals surface area contributed by atoms with Gasteiger partial charge in [0, 0.05) is 13.6 Å². The fourth-order valence-corrected chi connectivity index (χ4v) is 2.63. The molecule has 0 bridgehead atoms. The van der Waals surface area contributed by atoms with Gasteiger partial charge in [-0.1, -0.05) is 0 Å². The molecule has 0 saturated carbocycles. The third-order valence-electron chi connectivity index (χ3n) is 2.42. The Balaban J connectivity index is 2.13. The van der Waals surface area contributed by atoms with Gasteiger partial charge in [-0.2, -0.15) is 11.3 Å². The molecule has 2 rings (SSSR count). The summed E-state index contributed by atoms with van der Waals surface area (Å²) in [5.41, 5.74) is 0.999. The molecule has 0 atom stereocenters. The first-order valence-corrected chi connectivity index (χ1v) is 7.76. The molecule has 2 aromatic rings. The second kappa shape index (κ2) is 5.16. The number of hydrogen-bond acceptors (Lipinski definition) is 5. The second-order valence-electron chi connectivity index (χ2n) is 3.96. The van der Waals surface area contributed by atoms with Crippen molar-refractivity contribution >= 4 is 27.3 Å². The monoisotopic (exact) mass is 300 g/mol. The van der Waals surface area contributed by atoms with Crippen molar-refractivity contribution in [2.45, 2.75) is 11.6 Å². The highest BCUT2D eigenvalue weighted by atomic mass is 32.2. The van der Waals surface area contributed by atoms with Crippen LogP contribution in [0, 0.1) is 0 Å². The zero-order valence-electron chi connectivity index (χ0n) is 10.1. The lowest BCUT2D eigenvalue weighted by molar-refractivity contribution is 0.0748. The Kier molecular flexibility index (Phi) is 3.74. The van der Waals surface area contributed by atoms with Crippen molar-refractivity contribution in [3.8, 4) is 0 Å². The minimum atomic E-state index is -3.93. The molecule has 0 aliphatic carbocycles. The molecule has 0 unspecified atom stereocenters. The summed E-state index contributed by atoms with van der Waals surface area (Å²) in [7, 11) is -2.32. The van der Waals surface area contributed by atoms with Crippen LogP contribution in [0.4, 0.5) is 0 Å². The van der Waals surface area contributed by atoms with Crippen LogP contribution < -0.4 is 5.14 Å². The van der Waals surface area contributed by atoms with E-state index in [1.165, 1.54) is 28.4 Å². The number of primary sulfonamides is 1. The quantitative estimate of drug-likeness (QED) is 0.919. The van der Waals surface area contributed by atoms with Gasteiger partial charge in [0.2, 0.25) is 5.09 Å². The standard InChI is InChI=1S/C11H12N2O4S2/c1-13(6-8-4-5-18-7-8)11(14)9-2-3-10(17-9)19(12,15)16/h2-5,7H,6H2,1H3,(H2,12,15,16). The highest BCUT2D eigenvalue weighted by molar-refractivity contribution is 7.89. The number of carbonyl (C=O) groups excluding carboxylic acids is 1. The highest BCUT2D eigenvalue weighted by Crippen LogP contribution is 2.15. The predicted molar refractivity (Wildman–Crippen MR) is 70.2 cm³/mol. The fourth-order valence-electron chi connectivity index (χ4n) is 1.50. The molecule has 2 heterocycles. The van der Waals surface area contributed by atoms with Crippen molar-refractivity contribution in [2.75, 3.05) is 7.05 Å². The van der Waals surface area contributed by atoms with Crippen LogP contribution in [0.5, 0.6) is 0 Å². The maximum Gasteiger partial charge on any atom is 0.289 e. The average Bonchev–Trinajstić information content (AvgIpc) is 2.97. The Morgan fingerprint density at radius 1 is 1.42 bits per heavy atom. The van der Waals surface area contributed by atoms with E-state index < -0.39 is 21.0 Å². The van der Waals surface area contributed by atoms with Crippen LogP contribution in [0.25, 0.3) is 0 Å². The van der Waals surface area contributed by atoms with E-state index in [-0.39, 0.29) is 5.76 Å². The molecule has 102 valence electrons. The molecule has 2 aromatic heterocycles. The predicted octanol–water partition coefficient (Wildman–Crippen LogP) is 1.26. The summed E-state index contributed by atoms with van der Waals surface area (Å²) < 4.78 is 27.1. The number of rotatable bonds is 4. The summed E-state index contributed by atoms with van der Waals surface area (Å²) in [5, 5.41) is 8.34. The van der Waals surface area contributed by atoms with E-state index in [9.17, 15) is 13.2 Å². The van der Waals surface area contributed by atoms with E-state index >= 15 is 0 Å². The van der Waals surface area contributed by atoms with Crippen molar-refractivity contribution in [2.24, 2.45) is 5.14 Å². The third kappa shape index (κ3) is 3.22. The van der Waals surface area contributed by atoms with Gasteiger partial charge in [-0.15, -0.1) is 0 Å². The van der Waals surface area contributed by atoms with Crippen molar-refractivity contribution in [3.05, 3.63) is 40.3 Å². The van der Waals surface area contributed by atoms with Gasteiger partial charge in [0.05, 0.1) is 0 Å². The minimum absolute atomic E-state index is 0.0539. The van der Waals surface area contributed by atoms with E-state index in [0.717, 1.165) is 5.56 Å². The van der Waals surface area contributed by atoms with E-state index in [0.29, 0.717) is 6.54 Å². The van der Waals surface area contributed by atoms with Gasteiger partial charge in [-0.05, 0) is 34.5 Å². The molecule has 0 aliphatic rings. The number of nitrogens with two attached hydrogens (primary N) is 1. The molecule has 0 fully saturated rings. The summed E-state index contributed by atoms with van der Waals surface area (Å²) in [4.78, 5) is 13.4. The number of furan rings is 1. The SMILES string of the molecule is CN(Cc1ccsc1)C(=O)c1ccc(S(N)(=O)=O)o1. The van der Waals surface area contributed by atoms with E-state index in [1.54, 1.807) is 7.05 Å². The number of sulfonamides is 1. The summed E-state index contributed by atoms with van der Waals surface area (Å²) in [5.74, 6) is -0.456. The molecule has 8 heteroatoms. The first kappa shape index (κ1) is 13.8. The molecular formula is C11H12N2O4S2.